The van der Waals surface area contributed by atoms with E-state index in [0.29, 0.717) is 16.3 Å². The van der Waals surface area contributed by atoms with E-state index in [1.54, 1.807) is 55.7 Å². The van der Waals surface area contributed by atoms with Crippen molar-refractivity contribution in [1.82, 2.24) is 9.71 Å². The van der Waals surface area contributed by atoms with Gasteiger partial charge in [-0.15, -0.1) is 0 Å². The Kier molecular flexibility index (Phi) is 4.38. The Morgan fingerprint density at radius 1 is 1.16 bits per heavy atom. The van der Waals surface area contributed by atoms with Gasteiger partial charge in [0.2, 0.25) is 0 Å². The normalized spacial score (nSPS) is 11.8. The third-order valence-electron chi connectivity index (χ3n) is 2.41. The molecule has 0 aliphatic carbocycles. The van der Waals surface area contributed by atoms with Crippen LogP contribution in [0.15, 0.2) is 53.6 Å². The maximum absolute atomic E-state index is 11.8. The first-order valence-electron chi connectivity index (χ1n) is 5.62. The van der Waals surface area contributed by atoms with E-state index in [2.05, 4.69) is 15.0 Å². The molecule has 2 aromatic rings. The molecular weight excluding hydrogens is 262 g/mol. The predicted molar refractivity (Wildman–Crippen MR) is 74.1 cm³/mol. The van der Waals surface area contributed by atoms with Crippen LogP contribution in [0.5, 0.6) is 0 Å². The van der Waals surface area contributed by atoms with Crippen LogP contribution in [0.2, 0.25) is 0 Å². The SMILES string of the molecule is CNS(=O)c1ccc(NC(=O)c2ccccn2)cc1. The minimum atomic E-state index is -1.22. The molecule has 0 saturated heterocycles. The molecule has 0 aliphatic heterocycles. The molecule has 1 aromatic heterocycles. The molecule has 1 unspecified atom stereocenters. The Morgan fingerprint density at radius 3 is 2.47 bits per heavy atom. The highest BCUT2D eigenvalue weighted by atomic mass is 32.2. The minimum Gasteiger partial charge on any atom is -0.321 e. The number of carbonyl (C=O) groups excluding carboxylic acids is 1. The number of hydrogen-bond donors (Lipinski definition) is 2. The maximum atomic E-state index is 11.8. The molecule has 19 heavy (non-hydrogen) atoms. The van der Waals surface area contributed by atoms with Crippen molar-refractivity contribution in [2.75, 3.05) is 12.4 Å². The Balaban J connectivity index is 2.08. The van der Waals surface area contributed by atoms with Crippen LogP contribution in [-0.2, 0) is 11.0 Å². The van der Waals surface area contributed by atoms with E-state index in [1.807, 2.05) is 0 Å². The molecule has 0 saturated carbocycles. The number of benzene rings is 1. The summed E-state index contributed by atoms with van der Waals surface area (Å²) in [6.07, 6.45) is 1.56. The van der Waals surface area contributed by atoms with Crippen LogP contribution in [0.25, 0.3) is 0 Å². The van der Waals surface area contributed by atoms with Crippen molar-refractivity contribution >= 4 is 22.6 Å². The number of anilines is 1. The molecule has 1 atom stereocenters. The van der Waals surface area contributed by atoms with Gasteiger partial charge in [0.05, 0.1) is 4.90 Å². The second kappa shape index (κ2) is 6.21. The molecule has 1 heterocycles. The average Bonchev–Trinajstić information content (AvgIpc) is 2.48. The van der Waals surface area contributed by atoms with Gasteiger partial charge >= 0.3 is 0 Å². The van der Waals surface area contributed by atoms with Gasteiger partial charge in [-0.25, -0.2) is 8.93 Å². The van der Waals surface area contributed by atoms with Crippen LogP contribution in [0.3, 0.4) is 0 Å². The molecule has 98 valence electrons. The van der Waals surface area contributed by atoms with Gasteiger partial charge < -0.3 is 5.32 Å². The van der Waals surface area contributed by atoms with Crippen molar-refractivity contribution in [3.05, 3.63) is 54.4 Å². The van der Waals surface area contributed by atoms with Crippen LogP contribution < -0.4 is 10.0 Å². The van der Waals surface area contributed by atoms with Gasteiger partial charge in [0.1, 0.15) is 16.7 Å². The quantitative estimate of drug-likeness (QED) is 0.890. The molecule has 2 N–H and O–H groups in total. The van der Waals surface area contributed by atoms with Gasteiger partial charge in [0.15, 0.2) is 0 Å². The van der Waals surface area contributed by atoms with E-state index in [9.17, 15) is 9.00 Å². The van der Waals surface area contributed by atoms with E-state index in [1.165, 1.54) is 0 Å². The first-order chi connectivity index (χ1) is 9.20. The zero-order chi connectivity index (χ0) is 13.7. The summed E-state index contributed by atoms with van der Waals surface area (Å²) in [6, 6.07) is 11.9. The van der Waals surface area contributed by atoms with Crippen molar-refractivity contribution in [3.8, 4) is 0 Å². The average molecular weight is 275 g/mol. The third kappa shape index (κ3) is 3.46. The van der Waals surface area contributed by atoms with Gasteiger partial charge in [-0.2, -0.15) is 0 Å². The van der Waals surface area contributed by atoms with E-state index < -0.39 is 11.0 Å². The second-order valence-corrected chi connectivity index (χ2v) is 5.08. The molecular formula is C13H13N3O2S. The molecule has 5 nitrogen and oxygen atoms in total. The summed E-state index contributed by atoms with van der Waals surface area (Å²) < 4.78 is 14.1. The monoisotopic (exact) mass is 275 g/mol. The molecule has 0 spiro atoms. The van der Waals surface area contributed by atoms with E-state index in [0.717, 1.165) is 0 Å². The number of amides is 1. The van der Waals surface area contributed by atoms with Gasteiger partial charge in [-0.3, -0.25) is 9.78 Å². The molecule has 6 heteroatoms. The zero-order valence-corrected chi connectivity index (χ0v) is 11.1. The number of pyridine rings is 1. The number of nitrogens with one attached hydrogen (secondary N) is 2. The summed E-state index contributed by atoms with van der Waals surface area (Å²) >= 11 is 0. The lowest BCUT2D eigenvalue weighted by Gasteiger charge is -2.05. The molecule has 0 radical (unpaired) electrons. The summed E-state index contributed by atoms with van der Waals surface area (Å²) in [5, 5.41) is 2.72. The van der Waals surface area contributed by atoms with Gasteiger partial charge in [-0.05, 0) is 43.4 Å². The highest BCUT2D eigenvalue weighted by Crippen LogP contribution is 2.12. The lowest BCUT2D eigenvalue weighted by molar-refractivity contribution is 0.102. The molecule has 1 amide bonds. The highest BCUT2D eigenvalue weighted by molar-refractivity contribution is 7.83. The summed E-state index contributed by atoms with van der Waals surface area (Å²) in [4.78, 5) is 16.5. The first-order valence-corrected chi connectivity index (χ1v) is 6.77. The van der Waals surface area contributed by atoms with Crippen molar-refractivity contribution < 1.29 is 9.00 Å². The number of hydrogen-bond acceptors (Lipinski definition) is 3. The Bertz CT molecular complexity index is 585. The second-order valence-electron chi connectivity index (χ2n) is 3.67. The minimum absolute atomic E-state index is 0.275. The lowest BCUT2D eigenvalue weighted by Crippen LogP contribution is -2.14. The van der Waals surface area contributed by atoms with Gasteiger partial charge in [0, 0.05) is 11.9 Å². The Morgan fingerprint density at radius 2 is 1.89 bits per heavy atom. The fourth-order valence-electron chi connectivity index (χ4n) is 1.47. The molecule has 0 bridgehead atoms. The molecule has 2 rings (SSSR count). The van der Waals surface area contributed by atoms with Gasteiger partial charge in [-0.1, -0.05) is 6.07 Å². The van der Waals surface area contributed by atoms with Crippen molar-refractivity contribution in [2.45, 2.75) is 4.90 Å². The highest BCUT2D eigenvalue weighted by Gasteiger charge is 2.07. The van der Waals surface area contributed by atoms with E-state index in [4.69, 9.17) is 0 Å². The standard InChI is InChI=1S/C13H13N3O2S/c1-14-19(18)11-7-5-10(6-8-11)16-13(17)12-4-2-3-9-15-12/h2-9,14H,1H3,(H,16,17). The number of rotatable bonds is 4. The number of nitrogens with zero attached hydrogens (tertiary/aromatic N) is 1. The Hall–Kier alpha value is -2.05. The van der Waals surface area contributed by atoms with E-state index in [-0.39, 0.29) is 5.91 Å². The van der Waals surface area contributed by atoms with E-state index >= 15 is 0 Å². The maximum Gasteiger partial charge on any atom is 0.274 e. The number of aromatic nitrogens is 1. The lowest BCUT2D eigenvalue weighted by atomic mass is 10.3. The van der Waals surface area contributed by atoms with Crippen molar-refractivity contribution in [1.29, 1.82) is 0 Å². The topological polar surface area (TPSA) is 71.1 Å². The summed E-state index contributed by atoms with van der Waals surface area (Å²) in [5.41, 5.74) is 0.984. The predicted octanol–water partition coefficient (Wildman–Crippen LogP) is 1.58. The van der Waals surface area contributed by atoms with Crippen LogP contribution in [0.4, 0.5) is 5.69 Å². The molecule has 0 fully saturated rings. The van der Waals surface area contributed by atoms with Crippen LogP contribution in [-0.4, -0.2) is 22.1 Å². The van der Waals surface area contributed by atoms with Crippen molar-refractivity contribution in [3.63, 3.8) is 0 Å². The summed E-state index contributed by atoms with van der Waals surface area (Å²) in [7, 11) is 0.396. The van der Waals surface area contributed by atoms with Gasteiger partial charge in [0.25, 0.3) is 5.91 Å². The Labute approximate surface area is 113 Å². The molecule has 0 aliphatic rings. The fourth-order valence-corrected chi connectivity index (χ4v) is 2.09. The summed E-state index contributed by atoms with van der Waals surface area (Å²) in [6.45, 7) is 0. The van der Waals surface area contributed by atoms with Crippen molar-refractivity contribution in [2.24, 2.45) is 0 Å². The number of carbonyl (C=O) groups is 1. The fraction of sp³-hybridized carbons (Fsp3) is 0.0769. The first kappa shape index (κ1) is 13.4. The van der Waals surface area contributed by atoms with Crippen LogP contribution in [0, 0.1) is 0 Å². The zero-order valence-electron chi connectivity index (χ0n) is 10.3. The van der Waals surface area contributed by atoms with Crippen LogP contribution >= 0.6 is 0 Å². The molecule has 1 aromatic carbocycles. The van der Waals surface area contributed by atoms with Crippen LogP contribution in [0.1, 0.15) is 10.5 Å². The summed E-state index contributed by atoms with van der Waals surface area (Å²) in [5.74, 6) is -0.275. The smallest absolute Gasteiger partial charge is 0.274 e. The third-order valence-corrected chi connectivity index (χ3v) is 3.48. The largest absolute Gasteiger partial charge is 0.321 e.